The van der Waals surface area contributed by atoms with Gasteiger partial charge < -0.3 is 0 Å². The van der Waals surface area contributed by atoms with Crippen molar-refractivity contribution >= 4 is 5.69 Å². The Labute approximate surface area is 173 Å². The molecule has 0 N–H and O–H groups in total. The van der Waals surface area contributed by atoms with Crippen molar-refractivity contribution < 1.29 is 4.92 Å². The van der Waals surface area contributed by atoms with Crippen LogP contribution in [-0.4, -0.2) is 40.9 Å². The first-order chi connectivity index (χ1) is 13.9. The summed E-state index contributed by atoms with van der Waals surface area (Å²) < 4.78 is 0. The summed E-state index contributed by atoms with van der Waals surface area (Å²) in [4.78, 5) is 16.0. The number of likely N-dealkylation sites (tertiary alicyclic amines) is 1. The fraction of sp³-hybridized carbons (Fsp3) is 0.500. The van der Waals surface area contributed by atoms with Crippen LogP contribution in [0.25, 0.3) is 0 Å². The van der Waals surface area contributed by atoms with Crippen LogP contribution in [-0.2, 0) is 18.5 Å². The summed E-state index contributed by atoms with van der Waals surface area (Å²) in [6.07, 6.45) is 2.46. The lowest BCUT2D eigenvalue weighted by Crippen LogP contribution is -2.45. The Morgan fingerprint density at radius 1 is 1.07 bits per heavy atom. The van der Waals surface area contributed by atoms with E-state index in [-0.39, 0.29) is 16.0 Å². The number of nitrogens with zero attached hydrogens (tertiary/aromatic N) is 3. The van der Waals surface area contributed by atoms with Crippen molar-refractivity contribution in [1.29, 1.82) is 0 Å². The van der Waals surface area contributed by atoms with E-state index in [0.717, 1.165) is 44.8 Å². The highest BCUT2D eigenvalue weighted by atomic mass is 16.6. The van der Waals surface area contributed by atoms with Crippen LogP contribution in [0.2, 0.25) is 0 Å². The highest BCUT2D eigenvalue weighted by molar-refractivity contribution is 5.44. The van der Waals surface area contributed by atoms with Crippen LogP contribution in [0.3, 0.4) is 0 Å². The quantitative estimate of drug-likeness (QED) is 0.550. The first-order valence-electron chi connectivity index (χ1n) is 10.7. The average Bonchev–Trinajstić information content (AvgIpc) is 2.69. The lowest BCUT2D eigenvalue weighted by molar-refractivity contribution is -0.385. The van der Waals surface area contributed by atoms with Gasteiger partial charge >= 0.3 is 0 Å². The van der Waals surface area contributed by atoms with E-state index in [1.807, 2.05) is 6.07 Å². The highest BCUT2D eigenvalue weighted by Crippen LogP contribution is 2.36. The van der Waals surface area contributed by atoms with E-state index >= 15 is 0 Å². The normalized spacial score (nSPS) is 20.3. The van der Waals surface area contributed by atoms with Crippen molar-refractivity contribution in [1.82, 2.24) is 9.80 Å². The van der Waals surface area contributed by atoms with Crippen molar-refractivity contribution in [3.05, 3.63) is 75.3 Å². The molecular weight excluding hydrogens is 362 g/mol. The molecule has 2 aliphatic rings. The number of hydrogen-bond acceptors (Lipinski definition) is 4. The van der Waals surface area contributed by atoms with Gasteiger partial charge in [-0.2, -0.15) is 0 Å². The van der Waals surface area contributed by atoms with Crippen LogP contribution in [0, 0.1) is 16.0 Å². The monoisotopic (exact) mass is 393 g/mol. The van der Waals surface area contributed by atoms with Crippen LogP contribution < -0.4 is 0 Å². The molecular formula is C24H31N3O2. The van der Waals surface area contributed by atoms with Crippen molar-refractivity contribution in [2.45, 2.75) is 45.2 Å². The third-order valence-corrected chi connectivity index (χ3v) is 6.51. The van der Waals surface area contributed by atoms with Gasteiger partial charge in [0, 0.05) is 43.7 Å². The fourth-order valence-corrected chi connectivity index (χ4v) is 5.09. The molecule has 0 saturated carbocycles. The van der Waals surface area contributed by atoms with Gasteiger partial charge in [-0.05, 0) is 48.5 Å². The number of nitro groups is 1. The molecule has 0 unspecified atom stereocenters. The number of nitro benzene ring substituents is 1. The zero-order chi connectivity index (χ0) is 20.4. The van der Waals surface area contributed by atoms with E-state index in [0.29, 0.717) is 5.92 Å². The first kappa shape index (κ1) is 20.0. The van der Waals surface area contributed by atoms with Gasteiger partial charge in [0.05, 0.1) is 4.92 Å². The van der Waals surface area contributed by atoms with E-state index in [1.165, 1.54) is 24.0 Å². The Bertz CT molecular complexity index is 858. The summed E-state index contributed by atoms with van der Waals surface area (Å²) in [5.41, 5.74) is 4.00. The van der Waals surface area contributed by atoms with Crippen molar-refractivity contribution in [2.75, 3.05) is 26.2 Å². The molecule has 2 aliphatic heterocycles. The second-order valence-electron chi connectivity index (χ2n) is 9.36. The summed E-state index contributed by atoms with van der Waals surface area (Å²) in [5.74, 6) is 0.707. The van der Waals surface area contributed by atoms with Crippen LogP contribution >= 0.6 is 0 Å². The topological polar surface area (TPSA) is 49.6 Å². The first-order valence-corrected chi connectivity index (χ1v) is 10.7. The maximum absolute atomic E-state index is 11.2. The summed E-state index contributed by atoms with van der Waals surface area (Å²) in [6, 6.07) is 16.1. The molecule has 0 bridgehead atoms. The zero-order valence-corrected chi connectivity index (χ0v) is 17.5. The fourth-order valence-electron chi connectivity index (χ4n) is 5.09. The maximum atomic E-state index is 11.2. The molecule has 2 heterocycles. The molecule has 4 rings (SSSR count). The van der Waals surface area contributed by atoms with E-state index in [2.05, 4.69) is 54.0 Å². The van der Waals surface area contributed by atoms with Gasteiger partial charge in [-0.25, -0.2) is 0 Å². The molecule has 1 fully saturated rings. The molecule has 154 valence electrons. The SMILES string of the molecule is CC1(C)CN(CC2CCN(Cc3ccccc3)CC2)Cc2cc([N+](=O)[O-])ccc21. The van der Waals surface area contributed by atoms with E-state index in [1.54, 1.807) is 12.1 Å². The Balaban J connectivity index is 1.36. The molecule has 0 radical (unpaired) electrons. The van der Waals surface area contributed by atoms with Crippen LogP contribution in [0.15, 0.2) is 48.5 Å². The number of benzene rings is 2. The van der Waals surface area contributed by atoms with Crippen molar-refractivity contribution in [3.8, 4) is 0 Å². The van der Waals surface area contributed by atoms with Crippen molar-refractivity contribution in [3.63, 3.8) is 0 Å². The second kappa shape index (κ2) is 8.25. The number of non-ortho nitro benzene ring substituents is 1. The minimum atomic E-state index is -0.283. The summed E-state index contributed by atoms with van der Waals surface area (Å²) in [7, 11) is 0. The number of hydrogen-bond donors (Lipinski definition) is 0. The van der Waals surface area contributed by atoms with Crippen LogP contribution in [0.5, 0.6) is 0 Å². The predicted octanol–water partition coefficient (Wildman–Crippen LogP) is 4.60. The van der Waals surface area contributed by atoms with Gasteiger partial charge in [0.2, 0.25) is 0 Å². The van der Waals surface area contributed by atoms with Gasteiger partial charge in [0.1, 0.15) is 0 Å². The molecule has 0 spiro atoms. The molecule has 2 aromatic rings. The number of rotatable bonds is 5. The van der Waals surface area contributed by atoms with Gasteiger partial charge in [0.25, 0.3) is 5.69 Å². The molecule has 0 aromatic heterocycles. The van der Waals surface area contributed by atoms with Gasteiger partial charge in [-0.15, -0.1) is 0 Å². The van der Waals surface area contributed by atoms with Gasteiger partial charge in [0.15, 0.2) is 0 Å². The Morgan fingerprint density at radius 2 is 1.79 bits per heavy atom. The van der Waals surface area contributed by atoms with Crippen LogP contribution in [0.1, 0.15) is 43.4 Å². The van der Waals surface area contributed by atoms with Gasteiger partial charge in [-0.1, -0.05) is 50.2 Å². The molecule has 0 aliphatic carbocycles. The lowest BCUT2D eigenvalue weighted by Gasteiger charge is -2.42. The summed E-state index contributed by atoms with van der Waals surface area (Å²) >= 11 is 0. The number of piperidine rings is 1. The molecule has 29 heavy (non-hydrogen) atoms. The number of fused-ring (bicyclic) bond motifs is 1. The van der Waals surface area contributed by atoms with E-state index < -0.39 is 0 Å². The smallest absolute Gasteiger partial charge is 0.269 e. The minimum absolute atomic E-state index is 0.0245. The molecule has 2 aromatic carbocycles. The molecule has 5 nitrogen and oxygen atoms in total. The lowest BCUT2D eigenvalue weighted by atomic mass is 9.78. The predicted molar refractivity (Wildman–Crippen MR) is 116 cm³/mol. The molecule has 5 heteroatoms. The maximum Gasteiger partial charge on any atom is 0.269 e. The largest absolute Gasteiger partial charge is 0.299 e. The molecule has 0 amide bonds. The second-order valence-corrected chi connectivity index (χ2v) is 9.36. The van der Waals surface area contributed by atoms with E-state index in [9.17, 15) is 10.1 Å². The Kier molecular flexibility index (Phi) is 5.70. The minimum Gasteiger partial charge on any atom is -0.299 e. The third-order valence-electron chi connectivity index (χ3n) is 6.51. The average molecular weight is 394 g/mol. The van der Waals surface area contributed by atoms with Crippen molar-refractivity contribution in [2.24, 2.45) is 5.92 Å². The Hall–Kier alpha value is -2.24. The standard InChI is InChI=1S/C24H31N3O2/c1-24(2)18-26(17-21-14-22(27(28)29)8-9-23(21)24)16-20-10-12-25(13-11-20)15-19-6-4-3-5-7-19/h3-9,14,20H,10-13,15-18H2,1-2H3. The van der Waals surface area contributed by atoms with Crippen LogP contribution in [0.4, 0.5) is 5.69 Å². The summed E-state index contributed by atoms with van der Waals surface area (Å²) in [6.45, 7) is 10.8. The summed E-state index contributed by atoms with van der Waals surface area (Å²) in [5, 5.41) is 11.2. The molecule has 1 saturated heterocycles. The molecule has 0 atom stereocenters. The third kappa shape index (κ3) is 4.68. The van der Waals surface area contributed by atoms with E-state index in [4.69, 9.17) is 0 Å². The highest BCUT2D eigenvalue weighted by Gasteiger charge is 2.34. The zero-order valence-electron chi connectivity index (χ0n) is 17.5. The Morgan fingerprint density at radius 3 is 2.48 bits per heavy atom. The van der Waals surface area contributed by atoms with Gasteiger partial charge in [-0.3, -0.25) is 19.9 Å².